The van der Waals surface area contributed by atoms with E-state index in [0.29, 0.717) is 18.9 Å². The highest BCUT2D eigenvalue weighted by molar-refractivity contribution is 5.87. The van der Waals surface area contributed by atoms with Crippen molar-refractivity contribution < 1.29 is 9.59 Å². The van der Waals surface area contributed by atoms with Crippen LogP contribution in [-0.4, -0.2) is 43.4 Å². The van der Waals surface area contributed by atoms with Crippen LogP contribution in [0, 0.1) is 5.92 Å². The van der Waals surface area contributed by atoms with Crippen LogP contribution < -0.4 is 11.1 Å². The Bertz CT molecular complexity index is 239. The van der Waals surface area contributed by atoms with E-state index in [4.69, 9.17) is 5.73 Å². The number of carbonyl (C=O) groups excluding carboxylic acids is 2. The summed E-state index contributed by atoms with van der Waals surface area (Å²) in [5.74, 6) is 0.120. The third kappa shape index (κ3) is 5.70. The lowest BCUT2D eigenvalue weighted by molar-refractivity contribution is -0.134. The number of nitrogens with two attached hydrogens (primary N) is 1. The van der Waals surface area contributed by atoms with Crippen LogP contribution in [0.25, 0.3) is 0 Å². The SMILES string of the molecule is CC(C)CC(NC(=O)CCN)C(=O)N(C)C. The second kappa shape index (κ2) is 7.22. The minimum atomic E-state index is -0.436. The predicted molar refractivity (Wildman–Crippen MR) is 63.8 cm³/mol. The summed E-state index contributed by atoms with van der Waals surface area (Å²) < 4.78 is 0. The van der Waals surface area contributed by atoms with Gasteiger partial charge in [-0.2, -0.15) is 0 Å². The van der Waals surface area contributed by atoms with Crippen LogP contribution in [0.5, 0.6) is 0 Å². The van der Waals surface area contributed by atoms with Gasteiger partial charge in [0.15, 0.2) is 0 Å². The first-order valence-corrected chi connectivity index (χ1v) is 5.59. The Morgan fingerprint density at radius 1 is 1.31 bits per heavy atom. The highest BCUT2D eigenvalue weighted by Crippen LogP contribution is 2.07. The molecule has 0 saturated heterocycles. The zero-order chi connectivity index (χ0) is 12.7. The fourth-order valence-corrected chi connectivity index (χ4v) is 1.40. The van der Waals surface area contributed by atoms with Gasteiger partial charge >= 0.3 is 0 Å². The molecule has 0 aliphatic carbocycles. The molecule has 0 aromatic rings. The van der Waals surface area contributed by atoms with Gasteiger partial charge in [0.05, 0.1) is 0 Å². The van der Waals surface area contributed by atoms with Crippen molar-refractivity contribution in [1.29, 1.82) is 0 Å². The minimum Gasteiger partial charge on any atom is -0.347 e. The summed E-state index contributed by atoms with van der Waals surface area (Å²) >= 11 is 0. The summed E-state index contributed by atoms with van der Waals surface area (Å²) in [4.78, 5) is 24.7. The Labute approximate surface area is 97.4 Å². The van der Waals surface area contributed by atoms with Gasteiger partial charge in [0.2, 0.25) is 11.8 Å². The number of amides is 2. The molecule has 5 nitrogen and oxygen atoms in total. The highest BCUT2D eigenvalue weighted by atomic mass is 16.2. The van der Waals surface area contributed by atoms with Gasteiger partial charge < -0.3 is 16.0 Å². The first-order valence-electron chi connectivity index (χ1n) is 5.59. The molecule has 1 unspecified atom stereocenters. The van der Waals surface area contributed by atoms with E-state index in [1.807, 2.05) is 13.8 Å². The molecular formula is C11H23N3O2. The van der Waals surface area contributed by atoms with Gasteiger partial charge in [-0.3, -0.25) is 9.59 Å². The summed E-state index contributed by atoms with van der Waals surface area (Å²) in [6.07, 6.45) is 0.905. The van der Waals surface area contributed by atoms with Crippen LogP contribution in [0.15, 0.2) is 0 Å². The Morgan fingerprint density at radius 3 is 2.25 bits per heavy atom. The van der Waals surface area contributed by atoms with E-state index in [-0.39, 0.29) is 18.2 Å². The molecule has 0 saturated carbocycles. The lowest BCUT2D eigenvalue weighted by Gasteiger charge is -2.23. The van der Waals surface area contributed by atoms with Crippen molar-refractivity contribution in [3.8, 4) is 0 Å². The molecule has 16 heavy (non-hydrogen) atoms. The largest absolute Gasteiger partial charge is 0.347 e. The molecule has 3 N–H and O–H groups in total. The van der Waals surface area contributed by atoms with Gasteiger partial charge in [0.1, 0.15) is 6.04 Å². The number of rotatable bonds is 6. The van der Waals surface area contributed by atoms with E-state index in [1.165, 1.54) is 4.90 Å². The summed E-state index contributed by atoms with van der Waals surface area (Å²) in [6.45, 7) is 4.34. The van der Waals surface area contributed by atoms with E-state index >= 15 is 0 Å². The van der Waals surface area contributed by atoms with E-state index in [1.54, 1.807) is 14.1 Å². The third-order valence-electron chi connectivity index (χ3n) is 2.15. The molecule has 0 rings (SSSR count). The Kier molecular flexibility index (Phi) is 6.72. The van der Waals surface area contributed by atoms with Crippen molar-refractivity contribution in [3.63, 3.8) is 0 Å². The predicted octanol–water partition coefficient (Wildman–Crippen LogP) is -0.0457. The van der Waals surface area contributed by atoms with Gasteiger partial charge in [-0.15, -0.1) is 0 Å². The second-order valence-corrected chi connectivity index (χ2v) is 4.52. The average molecular weight is 229 g/mol. The number of nitrogens with zero attached hydrogens (tertiary/aromatic N) is 1. The first kappa shape index (κ1) is 14.9. The standard InChI is InChI=1S/C11H23N3O2/c1-8(2)7-9(11(16)14(3)4)13-10(15)5-6-12/h8-9H,5-7,12H2,1-4H3,(H,13,15). The molecule has 0 aromatic carbocycles. The smallest absolute Gasteiger partial charge is 0.244 e. The van der Waals surface area contributed by atoms with Crippen LogP contribution in [0.4, 0.5) is 0 Å². The molecule has 2 amide bonds. The van der Waals surface area contributed by atoms with Crippen LogP contribution >= 0.6 is 0 Å². The molecule has 1 atom stereocenters. The maximum Gasteiger partial charge on any atom is 0.244 e. The number of hydrogen-bond donors (Lipinski definition) is 2. The van der Waals surface area contributed by atoms with Gasteiger partial charge in [-0.05, 0) is 12.3 Å². The number of nitrogens with one attached hydrogen (secondary N) is 1. The van der Waals surface area contributed by atoms with Crippen LogP contribution in [0.2, 0.25) is 0 Å². The molecule has 0 radical (unpaired) electrons. The molecule has 0 spiro atoms. The van der Waals surface area contributed by atoms with Crippen molar-refractivity contribution in [2.75, 3.05) is 20.6 Å². The molecule has 0 fully saturated rings. The quantitative estimate of drug-likeness (QED) is 0.671. The van der Waals surface area contributed by atoms with Crippen LogP contribution in [0.3, 0.4) is 0 Å². The maximum absolute atomic E-state index is 11.8. The minimum absolute atomic E-state index is 0.0703. The summed E-state index contributed by atoms with van der Waals surface area (Å²) in [7, 11) is 3.37. The normalized spacial score (nSPS) is 12.4. The van der Waals surface area contributed by atoms with Crippen molar-refractivity contribution in [2.24, 2.45) is 11.7 Å². The lowest BCUT2D eigenvalue weighted by Crippen LogP contribution is -2.47. The van der Waals surface area contributed by atoms with E-state index in [0.717, 1.165) is 0 Å². The number of hydrogen-bond acceptors (Lipinski definition) is 3. The van der Waals surface area contributed by atoms with Crippen molar-refractivity contribution in [2.45, 2.75) is 32.7 Å². The molecule has 0 aromatic heterocycles. The molecular weight excluding hydrogens is 206 g/mol. The van der Waals surface area contributed by atoms with E-state index in [2.05, 4.69) is 5.32 Å². The zero-order valence-corrected chi connectivity index (χ0v) is 10.6. The summed E-state index contributed by atoms with van der Waals surface area (Å²) in [6, 6.07) is -0.436. The van der Waals surface area contributed by atoms with E-state index in [9.17, 15) is 9.59 Å². The number of likely N-dealkylation sites (N-methyl/N-ethyl adjacent to an activating group) is 1. The Morgan fingerprint density at radius 2 is 1.88 bits per heavy atom. The highest BCUT2D eigenvalue weighted by Gasteiger charge is 2.22. The van der Waals surface area contributed by atoms with Crippen molar-refractivity contribution >= 4 is 11.8 Å². The Hall–Kier alpha value is -1.10. The van der Waals surface area contributed by atoms with Gasteiger partial charge in [-0.1, -0.05) is 13.8 Å². The molecule has 5 heteroatoms. The molecule has 0 aliphatic rings. The lowest BCUT2D eigenvalue weighted by atomic mass is 10.0. The average Bonchev–Trinajstić information content (AvgIpc) is 2.15. The fourth-order valence-electron chi connectivity index (χ4n) is 1.40. The van der Waals surface area contributed by atoms with Crippen LogP contribution in [-0.2, 0) is 9.59 Å². The maximum atomic E-state index is 11.8. The Balaban J connectivity index is 4.43. The van der Waals surface area contributed by atoms with Crippen molar-refractivity contribution in [3.05, 3.63) is 0 Å². The summed E-state index contributed by atoms with van der Waals surface area (Å²) in [5, 5.41) is 2.72. The van der Waals surface area contributed by atoms with Gasteiger partial charge in [0.25, 0.3) is 0 Å². The zero-order valence-electron chi connectivity index (χ0n) is 10.6. The first-order chi connectivity index (χ1) is 7.38. The van der Waals surface area contributed by atoms with Crippen LogP contribution in [0.1, 0.15) is 26.7 Å². The molecule has 94 valence electrons. The second-order valence-electron chi connectivity index (χ2n) is 4.52. The third-order valence-corrected chi connectivity index (χ3v) is 2.15. The van der Waals surface area contributed by atoms with Gasteiger partial charge in [-0.25, -0.2) is 0 Å². The topological polar surface area (TPSA) is 75.4 Å². The number of carbonyl (C=O) groups is 2. The fraction of sp³-hybridized carbons (Fsp3) is 0.818. The van der Waals surface area contributed by atoms with Gasteiger partial charge in [0, 0.05) is 27.1 Å². The molecule has 0 bridgehead atoms. The monoisotopic (exact) mass is 229 g/mol. The van der Waals surface area contributed by atoms with E-state index < -0.39 is 6.04 Å². The molecule has 0 heterocycles. The van der Waals surface area contributed by atoms with Crippen molar-refractivity contribution in [1.82, 2.24) is 10.2 Å². The summed E-state index contributed by atoms with van der Waals surface area (Å²) in [5.41, 5.74) is 5.29. The molecule has 0 aliphatic heterocycles.